The summed E-state index contributed by atoms with van der Waals surface area (Å²) in [7, 11) is 1.65. The number of carbonyl (C=O) groups excluding carboxylic acids is 1. The van der Waals surface area contributed by atoms with Crippen LogP contribution < -0.4 is 0 Å². The van der Waals surface area contributed by atoms with E-state index in [1.54, 1.807) is 24.5 Å². The first-order chi connectivity index (χ1) is 12.5. The Hall–Kier alpha value is -2.18. The lowest BCUT2D eigenvalue weighted by Gasteiger charge is -2.22. The Balaban J connectivity index is 1.85. The van der Waals surface area contributed by atoms with E-state index in [9.17, 15) is 4.79 Å². The van der Waals surface area contributed by atoms with Gasteiger partial charge in [-0.15, -0.1) is 11.3 Å². The Bertz CT molecular complexity index is 897. The van der Waals surface area contributed by atoms with Gasteiger partial charge in [0.1, 0.15) is 5.52 Å². The van der Waals surface area contributed by atoms with Crippen molar-refractivity contribution in [1.82, 2.24) is 9.88 Å². The Morgan fingerprint density at radius 1 is 1.31 bits per heavy atom. The number of ether oxygens (including phenoxy) is 1. The first-order valence-electron chi connectivity index (χ1n) is 8.72. The number of benzene rings is 1. The molecule has 0 fully saturated rings. The van der Waals surface area contributed by atoms with Crippen molar-refractivity contribution >= 4 is 28.3 Å². The zero-order valence-corrected chi connectivity index (χ0v) is 16.4. The lowest BCUT2D eigenvalue weighted by molar-refractivity contribution is 0.0682. The van der Waals surface area contributed by atoms with E-state index in [0.29, 0.717) is 36.7 Å². The van der Waals surface area contributed by atoms with Crippen molar-refractivity contribution in [2.75, 3.05) is 20.3 Å². The average molecular weight is 372 g/mol. The Kier molecular flexibility index (Phi) is 5.74. The number of oxazole rings is 1. The van der Waals surface area contributed by atoms with Gasteiger partial charge in [-0.3, -0.25) is 4.79 Å². The van der Waals surface area contributed by atoms with Crippen LogP contribution in [-0.4, -0.2) is 36.1 Å². The monoisotopic (exact) mass is 372 g/mol. The summed E-state index contributed by atoms with van der Waals surface area (Å²) in [5.74, 6) is 0.876. The van der Waals surface area contributed by atoms with Crippen molar-refractivity contribution in [1.29, 1.82) is 0 Å². The second kappa shape index (κ2) is 8.01. The highest BCUT2D eigenvalue weighted by Crippen LogP contribution is 2.23. The van der Waals surface area contributed by atoms with Gasteiger partial charge in [-0.2, -0.15) is 0 Å². The molecular formula is C20H24N2O3S. The number of hydrogen-bond acceptors (Lipinski definition) is 5. The minimum Gasteiger partial charge on any atom is -0.440 e. The summed E-state index contributed by atoms with van der Waals surface area (Å²) in [6.45, 7) is 7.76. The fourth-order valence-corrected chi connectivity index (χ4v) is 3.63. The first-order valence-corrected chi connectivity index (χ1v) is 9.53. The Morgan fingerprint density at radius 3 is 2.77 bits per heavy atom. The molecule has 0 saturated heterocycles. The van der Waals surface area contributed by atoms with Crippen LogP contribution in [0.4, 0.5) is 0 Å². The number of rotatable bonds is 7. The summed E-state index contributed by atoms with van der Waals surface area (Å²) in [6, 6.07) is 9.59. The minimum absolute atomic E-state index is 0.0240. The van der Waals surface area contributed by atoms with E-state index in [4.69, 9.17) is 9.15 Å². The maximum atomic E-state index is 13.1. The van der Waals surface area contributed by atoms with E-state index in [1.165, 1.54) is 4.88 Å². The molecule has 2 aromatic heterocycles. The van der Waals surface area contributed by atoms with Crippen molar-refractivity contribution in [3.05, 3.63) is 51.5 Å². The second-order valence-corrected chi connectivity index (χ2v) is 7.99. The van der Waals surface area contributed by atoms with Gasteiger partial charge in [0.25, 0.3) is 5.91 Å². The van der Waals surface area contributed by atoms with Gasteiger partial charge in [0.15, 0.2) is 11.5 Å². The van der Waals surface area contributed by atoms with Crippen LogP contribution in [0.2, 0.25) is 0 Å². The summed E-state index contributed by atoms with van der Waals surface area (Å²) < 4.78 is 10.9. The van der Waals surface area contributed by atoms with E-state index in [2.05, 4.69) is 24.0 Å². The molecule has 0 unspecified atom stereocenters. The number of amides is 1. The lowest BCUT2D eigenvalue weighted by Crippen LogP contribution is -2.33. The third kappa shape index (κ3) is 4.14. The molecule has 0 radical (unpaired) electrons. The molecule has 3 aromatic rings. The predicted molar refractivity (Wildman–Crippen MR) is 104 cm³/mol. The molecule has 0 aliphatic heterocycles. The van der Waals surface area contributed by atoms with Gasteiger partial charge in [-0.05, 0) is 37.3 Å². The summed E-state index contributed by atoms with van der Waals surface area (Å²) in [5.41, 5.74) is 2.05. The van der Waals surface area contributed by atoms with Gasteiger partial charge in [0.2, 0.25) is 0 Å². The molecule has 0 spiro atoms. The molecule has 5 nitrogen and oxygen atoms in total. The number of nitrogens with zero attached hydrogens (tertiary/aromatic N) is 2. The fraction of sp³-hybridized carbons (Fsp3) is 0.400. The van der Waals surface area contributed by atoms with Crippen LogP contribution in [0, 0.1) is 6.92 Å². The normalized spacial score (nSPS) is 11.4. The van der Waals surface area contributed by atoms with Crippen molar-refractivity contribution in [2.24, 2.45) is 0 Å². The standard InChI is InChI=1S/C20H24N2O3S/c1-13(2)19-21-17-11-15(6-8-18(17)25-19)20(23)22(9-10-24-4)12-16-7-5-14(3)26-16/h5-8,11,13H,9-10,12H2,1-4H3. The fourth-order valence-electron chi connectivity index (χ4n) is 2.72. The van der Waals surface area contributed by atoms with Crippen molar-refractivity contribution < 1.29 is 13.9 Å². The first kappa shape index (κ1) is 18.6. The molecule has 0 aliphatic carbocycles. The number of aromatic nitrogens is 1. The van der Waals surface area contributed by atoms with Gasteiger partial charge < -0.3 is 14.1 Å². The summed E-state index contributed by atoms with van der Waals surface area (Å²) in [6.07, 6.45) is 0. The van der Waals surface area contributed by atoms with E-state index >= 15 is 0 Å². The largest absolute Gasteiger partial charge is 0.440 e. The maximum absolute atomic E-state index is 13.1. The highest BCUT2D eigenvalue weighted by atomic mass is 32.1. The highest BCUT2D eigenvalue weighted by molar-refractivity contribution is 7.11. The van der Waals surface area contributed by atoms with Crippen molar-refractivity contribution in [3.8, 4) is 0 Å². The van der Waals surface area contributed by atoms with Crippen LogP contribution in [0.3, 0.4) is 0 Å². The SMILES string of the molecule is COCCN(Cc1ccc(C)s1)C(=O)c1ccc2oc(C(C)C)nc2c1. The molecular weight excluding hydrogens is 348 g/mol. The molecule has 3 rings (SSSR count). The quantitative estimate of drug-likeness (QED) is 0.608. The van der Waals surface area contributed by atoms with E-state index in [1.807, 2.05) is 30.9 Å². The summed E-state index contributed by atoms with van der Waals surface area (Å²) >= 11 is 1.71. The van der Waals surface area contributed by atoms with Crippen LogP contribution >= 0.6 is 11.3 Å². The molecule has 0 bridgehead atoms. The van der Waals surface area contributed by atoms with Gasteiger partial charge in [-0.1, -0.05) is 13.8 Å². The molecule has 0 N–H and O–H groups in total. The Morgan fingerprint density at radius 2 is 2.12 bits per heavy atom. The molecule has 1 amide bonds. The number of aryl methyl sites for hydroxylation is 1. The zero-order chi connectivity index (χ0) is 18.7. The third-order valence-corrected chi connectivity index (χ3v) is 5.13. The van der Waals surface area contributed by atoms with Crippen LogP contribution in [0.5, 0.6) is 0 Å². The zero-order valence-electron chi connectivity index (χ0n) is 15.6. The molecule has 0 saturated carbocycles. The highest BCUT2D eigenvalue weighted by Gasteiger charge is 2.19. The minimum atomic E-state index is -0.0240. The molecule has 2 heterocycles. The number of carbonyl (C=O) groups is 1. The van der Waals surface area contributed by atoms with Crippen LogP contribution in [0.25, 0.3) is 11.1 Å². The van der Waals surface area contributed by atoms with Gasteiger partial charge in [-0.25, -0.2) is 4.98 Å². The molecule has 0 aliphatic rings. The van der Waals surface area contributed by atoms with E-state index in [-0.39, 0.29) is 11.8 Å². The van der Waals surface area contributed by atoms with Gasteiger partial charge in [0, 0.05) is 34.9 Å². The Labute approximate surface area is 157 Å². The van der Waals surface area contributed by atoms with E-state index < -0.39 is 0 Å². The molecule has 26 heavy (non-hydrogen) atoms. The van der Waals surface area contributed by atoms with Crippen molar-refractivity contribution in [2.45, 2.75) is 33.2 Å². The van der Waals surface area contributed by atoms with E-state index in [0.717, 1.165) is 10.4 Å². The lowest BCUT2D eigenvalue weighted by atomic mass is 10.1. The number of fused-ring (bicyclic) bond motifs is 1. The molecule has 1 aromatic carbocycles. The average Bonchev–Trinajstić information content (AvgIpc) is 3.23. The molecule has 6 heteroatoms. The van der Waals surface area contributed by atoms with Crippen LogP contribution in [0.15, 0.2) is 34.7 Å². The summed E-state index contributed by atoms with van der Waals surface area (Å²) in [5, 5.41) is 0. The topological polar surface area (TPSA) is 55.6 Å². The van der Waals surface area contributed by atoms with Crippen molar-refractivity contribution in [3.63, 3.8) is 0 Å². The predicted octanol–water partition coefficient (Wildman–Crippen LogP) is 4.61. The van der Waals surface area contributed by atoms with Crippen LogP contribution in [-0.2, 0) is 11.3 Å². The summed E-state index contributed by atoms with van der Waals surface area (Å²) in [4.78, 5) is 21.8. The number of methoxy groups -OCH3 is 1. The smallest absolute Gasteiger partial charge is 0.254 e. The number of hydrogen-bond donors (Lipinski definition) is 0. The second-order valence-electron chi connectivity index (χ2n) is 6.62. The van der Waals surface area contributed by atoms with Gasteiger partial charge >= 0.3 is 0 Å². The molecule has 0 atom stereocenters. The molecule has 138 valence electrons. The van der Waals surface area contributed by atoms with Gasteiger partial charge in [0.05, 0.1) is 13.2 Å². The number of thiophene rings is 1. The maximum Gasteiger partial charge on any atom is 0.254 e. The van der Waals surface area contributed by atoms with Crippen LogP contribution in [0.1, 0.15) is 45.8 Å². The third-order valence-electron chi connectivity index (χ3n) is 4.14.